The van der Waals surface area contributed by atoms with Crippen LogP contribution in [0.1, 0.15) is 51.0 Å². The Hall–Kier alpha value is -1.55. The van der Waals surface area contributed by atoms with Gasteiger partial charge in [-0.1, -0.05) is 25.5 Å². The summed E-state index contributed by atoms with van der Waals surface area (Å²) in [6, 6.07) is 8.26. The highest BCUT2D eigenvalue weighted by Crippen LogP contribution is 2.20. The van der Waals surface area contributed by atoms with Crippen molar-refractivity contribution in [3.05, 3.63) is 29.8 Å². The normalized spacial score (nSPS) is 21.8. The average Bonchev–Trinajstić information content (AvgIpc) is 2.49. The van der Waals surface area contributed by atoms with Crippen LogP contribution in [0.3, 0.4) is 0 Å². The van der Waals surface area contributed by atoms with Crippen molar-refractivity contribution >= 4 is 11.8 Å². The average molecular weight is 290 g/mol. The van der Waals surface area contributed by atoms with Gasteiger partial charge >= 0.3 is 6.09 Å². The molecule has 1 fully saturated rings. The van der Waals surface area contributed by atoms with Gasteiger partial charge in [0.05, 0.1) is 0 Å². The third-order valence-electron chi connectivity index (χ3n) is 4.01. The fraction of sp³-hybridized carbons (Fsp3) is 0.588. The van der Waals surface area contributed by atoms with Gasteiger partial charge < -0.3 is 10.5 Å². The van der Waals surface area contributed by atoms with Gasteiger partial charge in [0.15, 0.2) is 0 Å². The Kier molecular flexibility index (Phi) is 6.05. The maximum absolute atomic E-state index is 11.9. The molecule has 0 atom stereocenters. The molecule has 1 aliphatic rings. The predicted octanol–water partition coefficient (Wildman–Crippen LogP) is 3.85. The summed E-state index contributed by atoms with van der Waals surface area (Å²) in [5.41, 5.74) is 7.93. The van der Waals surface area contributed by atoms with Crippen molar-refractivity contribution in [3.8, 4) is 0 Å². The number of hydrogen-bond acceptors (Lipinski definition) is 3. The number of rotatable bonds is 5. The second-order valence-electron chi connectivity index (χ2n) is 5.87. The Morgan fingerprint density at radius 3 is 2.52 bits per heavy atom. The fourth-order valence-electron chi connectivity index (χ4n) is 2.64. The third-order valence-corrected chi connectivity index (χ3v) is 4.01. The number of carbonyl (C=O) groups excluding carboxylic acids is 1. The Morgan fingerprint density at radius 2 is 1.90 bits per heavy atom. The van der Waals surface area contributed by atoms with Crippen LogP contribution in [-0.2, 0) is 11.2 Å². The molecule has 3 N–H and O–H groups in total. The maximum atomic E-state index is 11.9. The van der Waals surface area contributed by atoms with Crippen molar-refractivity contribution in [2.45, 2.75) is 64.0 Å². The first-order valence-electron chi connectivity index (χ1n) is 7.99. The van der Waals surface area contributed by atoms with Gasteiger partial charge in [-0.2, -0.15) is 0 Å². The maximum Gasteiger partial charge on any atom is 0.411 e. The lowest BCUT2D eigenvalue weighted by Gasteiger charge is -2.25. The molecule has 0 spiro atoms. The van der Waals surface area contributed by atoms with Crippen molar-refractivity contribution in [3.63, 3.8) is 0 Å². The molecule has 4 heteroatoms. The van der Waals surface area contributed by atoms with Crippen LogP contribution in [0, 0.1) is 0 Å². The van der Waals surface area contributed by atoms with E-state index in [1.807, 2.05) is 12.1 Å². The minimum Gasteiger partial charge on any atom is -0.446 e. The SMILES string of the molecule is CCCCc1ccc(NC(=O)OC2CCC(N)CC2)cc1. The van der Waals surface area contributed by atoms with Gasteiger partial charge in [-0.05, 0) is 56.2 Å². The van der Waals surface area contributed by atoms with E-state index in [0.717, 1.165) is 37.8 Å². The Labute approximate surface area is 127 Å². The summed E-state index contributed by atoms with van der Waals surface area (Å²) >= 11 is 0. The Bertz CT molecular complexity index is 437. The fourth-order valence-corrected chi connectivity index (χ4v) is 2.64. The summed E-state index contributed by atoms with van der Waals surface area (Å²) in [6.45, 7) is 2.18. The summed E-state index contributed by atoms with van der Waals surface area (Å²) in [6.07, 6.45) is 6.72. The number of aryl methyl sites for hydroxylation is 1. The lowest BCUT2D eigenvalue weighted by molar-refractivity contribution is 0.0826. The lowest BCUT2D eigenvalue weighted by Crippen LogP contribution is -2.32. The molecular formula is C17H26N2O2. The molecule has 4 nitrogen and oxygen atoms in total. The highest BCUT2D eigenvalue weighted by atomic mass is 16.6. The van der Waals surface area contributed by atoms with E-state index in [4.69, 9.17) is 10.5 Å². The topological polar surface area (TPSA) is 64.3 Å². The minimum absolute atomic E-state index is 0.00799. The van der Waals surface area contributed by atoms with E-state index in [2.05, 4.69) is 24.4 Å². The first-order valence-corrected chi connectivity index (χ1v) is 7.99. The monoisotopic (exact) mass is 290 g/mol. The van der Waals surface area contributed by atoms with Crippen molar-refractivity contribution < 1.29 is 9.53 Å². The zero-order valence-corrected chi connectivity index (χ0v) is 12.8. The number of anilines is 1. The van der Waals surface area contributed by atoms with Crippen molar-refractivity contribution in [2.75, 3.05) is 5.32 Å². The Balaban J connectivity index is 1.77. The molecule has 0 aliphatic heterocycles. The number of ether oxygens (including phenoxy) is 1. The second-order valence-corrected chi connectivity index (χ2v) is 5.87. The second kappa shape index (κ2) is 8.03. The molecule has 0 radical (unpaired) electrons. The zero-order valence-electron chi connectivity index (χ0n) is 12.8. The first kappa shape index (κ1) is 15.8. The number of carbonyl (C=O) groups is 1. The van der Waals surface area contributed by atoms with Crippen LogP contribution in [0.4, 0.5) is 10.5 Å². The van der Waals surface area contributed by atoms with E-state index in [0.29, 0.717) is 0 Å². The van der Waals surface area contributed by atoms with Gasteiger partial charge in [-0.15, -0.1) is 0 Å². The molecule has 1 amide bonds. The summed E-state index contributed by atoms with van der Waals surface area (Å²) in [5.74, 6) is 0. The molecule has 0 bridgehead atoms. The number of benzene rings is 1. The predicted molar refractivity (Wildman–Crippen MR) is 85.4 cm³/mol. The van der Waals surface area contributed by atoms with E-state index >= 15 is 0 Å². The summed E-state index contributed by atoms with van der Waals surface area (Å²) in [7, 11) is 0. The Morgan fingerprint density at radius 1 is 1.24 bits per heavy atom. The van der Waals surface area contributed by atoms with Crippen LogP contribution in [0.15, 0.2) is 24.3 Å². The molecule has 0 saturated heterocycles. The number of hydrogen-bond donors (Lipinski definition) is 2. The molecule has 21 heavy (non-hydrogen) atoms. The molecular weight excluding hydrogens is 264 g/mol. The minimum atomic E-state index is -0.364. The molecule has 0 unspecified atom stereocenters. The quantitative estimate of drug-likeness (QED) is 0.865. The summed E-state index contributed by atoms with van der Waals surface area (Å²) < 4.78 is 5.43. The molecule has 0 heterocycles. The third kappa shape index (κ3) is 5.38. The van der Waals surface area contributed by atoms with E-state index in [9.17, 15) is 4.79 Å². The first-order chi connectivity index (χ1) is 10.2. The molecule has 0 aromatic heterocycles. The number of unbranched alkanes of at least 4 members (excludes halogenated alkanes) is 1. The van der Waals surface area contributed by atoms with Gasteiger partial charge in [0, 0.05) is 11.7 Å². The van der Waals surface area contributed by atoms with Crippen molar-refractivity contribution in [1.29, 1.82) is 0 Å². The summed E-state index contributed by atoms with van der Waals surface area (Å²) in [4.78, 5) is 11.9. The van der Waals surface area contributed by atoms with Gasteiger partial charge in [-0.3, -0.25) is 5.32 Å². The zero-order chi connectivity index (χ0) is 15.1. The van der Waals surface area contributed by atoms with Crippen LogP contribution in [-0.4, -0.2) is 18.2 Å². The highest BCUT2D eigenvalue weighted by Gasteiger charge is 2.21. The van der Waals surface area contributed by atoms with Gasteiger partial charge in [0.2, 0.25) is 0 Å². The van der Waals surface area contributed by atoms with Crippen LogP contribution >= 0.6 is 0 Å². The lowest BCUT2D eigenvalue weighted by atomic mass is 9.94. The van der Waals surface area contributed by atoms with Crippen LogP contribution in [0.25, 0.3) is 0 Å². The molecule has 116 valence electrons. The number of amides is 1. The number of nitrogens with one attached hydrogen (secondary N) is 1. The van der Waals surface area contributed by atoms with Crippen LogP contribution in [0.2, 0.25) is 0 Å². The van der Waals surface area contributed by atoms with E-state index in [-0.39, 0.29) is 18.2 Å². The van der Waals surface area contributed by atoms with Crippen molar-refractivity contribution in [1.82, 2.24) is 0 Å². The standard InChI is InChI=1S/C17H26N2O2/c1-2-3-4-13-5-9-15(10-6-13)19-17(20)21-16-11-7-14(18)8-12-16/h5-6,9-10,14,16H,2-4,7-8,11-12,18H2,1H3,(H,19,20). The smallest absolute Gasteiger partial charge is 0.411 e. The van der Waals surface area contributed by atoms with E-state index in [1.165, 1.54) is 18.4 Å². The molecule has 1 aromatic rings. The van der Waals surface area contributed by atoms with Crippen LogP contribution < -0.4 is 11.1 Å². The largest absolute Gasteiger partial charge is 0.446 e. The van der Waals surface area contributed by atoms with Gasteiger partial charge in [0.1, 0.15) is 6.10 Å². The molecule has 1 saturated carbocycles. The van der Waals surface area contributed by atoms with Crippen LogP contribution in [0.5, 0.6) is 0 Å². The van der Waals surface area contributed by atoms with E-state index in [1.54, 1.807) is 0 Å². The van der Waals surface area contributed by atoms with Gasteiger partial charge in [-0.25, -0.2) is 4.79 Å². The summed E-state index contributed by atoms with van der Waals surface area (Å²) in [5, 5.41) is 2.79. The van der Waals surface area contributed by atoms with Crippen molar-refractivity contribution in [2.24, 2.45) is 5.73 Å². The molecule has 2 rings (SSSR count). The van der Waals surface area contributed by atoms with E-state index < -0.39 is 0 Å². The highest BCUT2D eigenvalue weighted by molar-refractivity contribution is 5.84. The number of nitrogens with two attached hydrogens (primary N) is 1. The molecule has 1 aliphatic carbocycles. The molecule has 1 aromatic carbocycles. The van der Waals surface area contributed by atoms with Gasteiger partial charge in [0.25, 0.3) is 0 Å².